The minimum Gasteiger partial charge on any atom is -0.481 e. The number of rotatable bonds is 111. The summed E-state index contributed by atoms with van der Waals surface area (Å²) >= 11 is 0. The second kappa shape index (κ2) is 108. The first-order valence-corrected chi connectivity index (χ1v) is 42.8. The van der Waals surface area contributed by atoms with Crippen molar-refractivity contribution < 1.29 is 190 Å². The molecule has 0 saturated heterocycles. The van der Waals surface area contributed by atoms with Crippen LogP contribution in [0.2, 0.25) is 0 Å². The first-order valence-electron chi connectivity index (χ1n) is 42.8. The largest absolute Gasteiger partial charge is 0.481 e. The van der Waals surface area contributed by atoms with Crippen LogP contribution in [0.3, 0.4) is 0 Å². The maximum absolute atomic E-state index is 11.6. The predicted molar refractivity (Wildman–Crippen MR) is 436 cm³/mol. The van der Waals surface area contributed by atoms with Gasteiger partial charge in [-0.25, -0.2) is 4.79 Å². The molecule has 0 radical (unpaired) electrons. The highest BCUT2D eigenvalue weighted by molar-refractivity contribution is 5.67. The third-order valence-electron chi connectivity index (χ3n) is 14.4. The Morgan fingerprint density at radius 3 is 0.347 bits per heavy atom. The van der Waals surface area contributed by atoms with E-state index in [1.54, 1.807) is 0 Å². The van der Waals surface area contributed by atoms with Gasteiger partial charge in [-0.2, -0.15) is 0 Å². The molecular formula is C80H159NO40. The highest BCUT2D eigenvalue weighted by atomic mass is 16.6. The lowest BCUT2D eigenvalue weighted by molar-refractivity contribution is -0.138. The van der Waals surface area contributed by atoms with Crippen LogP contribution in [-0.2, 0) is 180 Å². The van der Waals surface area contributed by atoms with Crippen molar-refractivity contribution in [3.63, 3.8) is 0 Å². The first kappa shape index (κ1) is 118. The third kappa shape index (κ3) is 115. The van der Waals surface area contributed by atoms with Crippen LogP contribution in [0.4, 0.5) is 4.79 Å². The third-order valence-corrected chi connectivity index (χ3v) is 14.4. The summed E-state index contributed by atoms with van der Waals surface area (Å²) in [5.74, 6) is -0.882. The Labute approximate surface area is 719 Å². The Balaban J connectivity index is 3.11. The Kier molecular flexibility index (Phi) is 105. The van der Waals surface area contributed by atoms with Gasteiger partial charge in [0, 0.05) is 6.54 Å². The maximum atomic E-state index is 11.6. The van der Waals surface area contributed by atoms with E-state index in [9.17, 15) is 9.59 Å². The van der Waals surface area contributed by atoms with Gasteiger partial charge >= 0.3 is 12.1 Å². The molecular weight excluding hydrogens is 1610 g/mol. The number of aliphatic carboxylic acids is 1. The van der Waals surface area contributed by atoms with E-state index in [1.807, 2.05) is 20.8 Å². The number of amides is 1. The number of carboxylic acid groups (broad SMARTS) is 1. The molecule has 724 valence electrons. The molecule has 41 nitrogen and oxygen atoms in total. The van der Waals surface area contributed by atoms with Gasteiger partial charge in [-0.15, -0.1) is 0 Å². The van der Waals surface area contributed by atoms with Crippen LogP contribution in [0.5, 0.6) is 0 Å². The van der Waals surface area contributed by atoms with Gasteiger partial charge in [0.2, 0.25) is 0 Å². The van der Waals surface area contributed by atoms with Crippen molar-refractivity contribution in [1.82, 2.24) is 5.32 Å². The number of carboxylic acids is 1. The van der Waals surface area contributed by atoms with E-state index >= 15 is 0 Å². The second-order valence-electron chi connectivity index (χ2n) is 25.6. The van der Waals surface area contributed by atoms with Gasteiger partial charge in [0.15, 0.2) is 0 Å². The molecule has 0 saturated carbocycles. The molecule has 0 rings (SSSR count). The maximum Gasteiger partial charge on any atom is 0.407 e. The average molecular weight is 1780 g/mol. The van der Waals surface area contributed by atoms with E-state index in [0.29, 0.717) is 476 Å². The molecule has 0 heterocycles. The molecule has 0 aliphatic rings. The molecule has 0 aromatic rings. The number of nitrogens with one attached hydrogen (secondary N) is 1. The molecule has 2 N–H and O–H groups in total. The van der Waals surface area contributed by atoms with E-state index < -0.39 is 17.7 Å². The minimum atomic E-state index is -0.882. The van der Waals surface area contributed by atoms with E-state index in [0.717, 1.165) is 0 Å². The SMILES string of the molecule is CC(C)(C)OC(=O)NCCOCCOCCOCCOCCOCCOCCOCCOCCOCCOCCOCCOCCOCCOCCOCCOCCOCCOCCOCCOCCOCCOCCOCCOCCOCCOCCOCCOCCOCCOCCOCCOCCOCCOCCOCCOCCC(=O)O. The zero-order valence-corrected chi connectivity index (χ0v) is 73.7. The highest BCUT2D eigenvalue weighted by Crippen LogP contribution is 2.06. The normalized spacial score (nSPS) is 11.9. The summed E-state index contributed by atoms with van der Waals surface area (Å²) in [6.45, 7) is 39.1. The summed E-state index contributed by atoms with van der Waals surface area (Å²) in [6.07, 6.45) is -0.474. The fourth-order valence-electron chi connectivity index (χ4n) is 8.50. The van der Waals surface area contributed by atoms with Gasteiger partial charge in [-0.3, -0.25) is 4.79 Å². The van der Waals surface area contributed by atoms with Crippen LogP contribution >= 0.6 is 0 Å². The van der Waals surface area contributed by atoms with Crippen molar-refractivity contribution >= 4 is 12.1 Å². The van der Waals surface area contributed by atoms with Crippen molar-refractivity contribution in [2.45, 2.75) is 32.8 Å². The van der Waals surface area contributed by atoms with Crippen molar-refractivity contribution in [2.24, 2.45) is 0 Å². The van der Waals surface area contributed by atoms with Crippen LogP contribution in [-0.4, -0.2) is 505 Å². The smallest absolute Gasteiger partial charge is 0.407 e. The fourth-order valence-corrected chi connectivity index (χ4v) is 8.50. The molecule has 1 amide bonds. The lowest BCUT2D eigenvalue weighted by Gasteiger charge is -2.19. The van der Waals surface area contributed by atoms with Gasteiger partial charge < -0.3 is 186 Å². The molecule has 0 fully saturated rings. The molecule has 0 aromatic carbocycles. The van der Waals surface area contributed by atoms with Gasteiger partial charge in [0.25, 0.3) is 0 Å². The number of carbonyl (C=O) groups is 2. The van der Waals surface area contributed by atoms with Gasteiger partial charge in [0.05, 0.1) is 482 Å². The van der Waals surface area contributed by atoms with Crippen LogP contribution in [0.25, 0.3) is 0 Å². The molecule has 41 heteroatoms. The quantitative estimate of drug-likeness (QED) is 0.0816. The molecule has 0 aliphatic heterocycles. The monoisotopic (exact) mass is 1770 g/mol. The summed E-state index contributed by atoms with van der Waals surface area (Å²) in [5, 5.41) is 11.2. The summed E-state index contributed by atoms with van der Waals surface area (Å²) in [6, 6.07) is 0. The highest BCUT2D eigenvalue weighted by Gasteiger charge is 2.16. The molecule has 0 atom stereocenters. The number of carbonyl (C=O) groups excluding carboxylic acids is 1. The van der Waals surface area contributed by atoms with E-state index in [-0.39, 0.29) is 13.0 Å². The number of hydrogen-bond donors (Lipinski definition) is 2. The summed E-state index contributed by atoms with van der Waals surface area (Å²) in [5.41, 5.74) is -0.525. The standard InChI is InChI=1S/C80H159NO40/c1-80(2,3)121-79(84)81-5-7-86-9-11-88-13-15-90-17-19-92-21-23-94-25-27-96-29-31-98-33-35-100-37-39-102-41-43-104-45-47-106-49-51-108-53-55-110-57-59-112-61-63-114-65-67-116-69-71-118-73-75-120-77-76-119-74-72-117-70-68-115-66-64-113-62-60-111-58-56-109-54-52-107-50-48-105-46-44-103-42-40-101-38-36-99-34-32-97-30-28-95-26-24-93-22-20-91-18-16-89-14-12-87-10-8-85-6-4-78(82)83/h4-77H2,1-3H3,(H,81,84)(H,82,83). The molecule has 121 heavy (non-hydrogen) atoms. The zero-order chi connectivity index (χ0) is 86.9. The second-order valence-corrected chi connectivity index (χ2v) is 25.6. The van der Waals surface area contributed by atoms with Crippen LogP contribution in [0.15, 0.2) is 0 Å². The number of alkyl carbamates (subject to hydrolysis) is 1. The summed E-state index contributed by atoms with van der Waals surface area (Å²) in [7, 11) is 0. The molecule has 0 aromatic heterocycles. The van der Waals surface area contributed by atoms with Gasteiger partial charge in [-0.05, 0) is 20.8 Å². The number of hydrogen-bond acceptors (Lipinski definition) is 39. The first-order chi connectivity index (χ1) is 59.8. The lowest BCUT2D eigenvalue weighted by atomic mass is 10.2. The van der Waals surface area contributed by atoms with Gasteiger partial charge in [0.1, 0.15) is 5.60 Å². The molecule has 0 aliphatic carbocycles. The topological polar surface area (TPSA) is 408 Å². The van der Waals surface area contributed by atoms with E-state index in [1.165, 1.54) is 0 Å². The van der Waals surface area contributed by atoms with E-state index in [4.69, 9.17) is 180 Å². The van der Waals surface area contributed by atoms with Crippen molar-refractivity contribution in [3.05, 3.63) is 0 Å². The van der Waals surface area contributed by atoms with Crippen LogP contribution in [0, 0.1) is 0 Å². The Bertz CT molecular complexity index is 1880. The Morgan fingerprint density at radius 1 is 0.165 bits per heavy atom. The fraction of sp³-hybridized carbons (Fsp3) is 0.975. The van der Waals surface area contributed by atoms with Crippen LogP contribution in [0.1, 0.15) is 27.2 Å². The summed E-state index contributed by atoms with van der Waals surface area (Å²) < 4.78 is 203. The lowest BCUT2D eigenvalue weighted by Crippen LogP contribution is -2.34. The predicted octanol–water partition coefficient (Wildman–Crippen LogP) is 1.58. The zero-order valence-electron chi connectivity index (χ0n) is 73.7. The van der Waals surface area contributed by atoms with Crippen molar-refractivity contribution in [1.29, 1.82) is 0 Å². The average Bonchev–Trinajstić information content (AvgIpc) is 0.950. The minimum absolute atomic E-state index is 0.0130. The van der Waals surface area contributed by atoms with Crippen molar-refractivity contribution in [3.8, 4) is 0 Å². The Hall–Kier alpha value is -2.70. The molecule has 0 spiro atoms. The molecule has 0 bridgehead atoms. The van der Waals surface area contributed by atoms with Gasteiger partial charge in [-0.1, -0.05) is 0 Å². The van der Waals surface area contributed by atoms with Crippen molar-refractivity contribution in [2.75, 3.05) is 482 Å². The van der Waals surface area contributed by atoms with E-state index in [2.05, 4.69) is 5.32 Å². The van der Waals surface area contributed by atoms with Crippen LogP contribution < -0.4 is 5.32 Å². The summed E-state index contributed by atoms with van der Waals surface area (Å²) in [4.78, 5) is 22.0. The number of ether oxygens (including phenoxy) is 37. The molecule has 0 unspecified atom stereocenters. The Morgan fingerprint density at radius 2 is 0.256 bits per heavy atom.